The molecule has 0 aliphatic carbocycles. The highest BCUT2D eigenvalue weighted by Crippen LogP contribution is 2.42. The molecule has 0 radical (unpaired) electrons. The van der Waals surface area contributed by atoms with Crippen molar-refractivity contribution in [3.05, 3.63) is 146 Å². The molecule has 1 aliphatic rings. The molecular weight excluding hydrogens is 496 g/mol. The first kappa shape index (κ1) is 26.4. The maximum Gasteiger partial charge on any atom is 0.330 e. The highest BCUT2D eigenvalue weighted by atomic mass is 16.6. The van der Waals surface area contributed by atoms with E-state index in [-0.39, 0.29) is 13.2 Å². The van der Waals surface area contributed by atoms with Crippen LogP contribution >= 0.6 is 0 Å². The number of nitrogens with one attached hydrogen (secondary N) is 1. The van der Waals surface area contributed by atoms with Gasteiger partial charge in [0.15, 0.2) is 6.23 Å². The Balaban J connectivity index is 1.54. The van der Waals surface area contributed by atoms with Crippen LogP contribution in [0.3, 0.4) is 0 Å². The molecule has 1 aromatic heterocycles. The van der Waals surface area contributed by atoms with Gasteiger partial charge in [-0.3, -0.25) is 14.3 Å². The maximum atomic E-state index is 12.5. The third-order valence-corrected chi connectivity index (χ3v) is 6.98. The van der Waals surface area contributed by atoms with Gasteiger partial charge in [0, 0.05) is 11.8 Å². The first-order chi connectivity index (χ1) is 19.0. The molecule has 2 atom stereocenters. The van der Waals surface area contributed by atoms with Gasteiger partial charge in [0.05, 0.1) is 20.3 Å². The van der Waals surface area contributed by atoms with Crippen LogP contribution in [0.2, 0.25) is 0 Å². The van der Waals surface area contributed by atoms with Crippen LogP contribution in [0.1, 0.15) is 28.5 Å². The second kappa shape index (κ2) is 11.2. The van der Waals surface area contributed by atoms with Gasteiger partial charge < -0.3 is 19.3 Å². The number of aliphatic hydroxyl groups excluding tert-OH is 1. The number of aryl methyl sites for hydroxylation is 1. The van der Waals surface area contributed by atoms with Crippen LogP contribution < -0.4 is 16.0 Å². The Morgan fingerprint density at radius 3 is 2.08 bits per heavy atom. The lowest BCUT2D eigenvalue weighted by atomic mass is 9.80. The molecule has 1 aliphatic heterocycles. The molecule has 5 rings (SSSR count). The van der Waals surface area contributed by atoms with Gasteiger partial charge in [0.25, 0.3) is 5.56 Å². The van der Waals surface area contributed by atoms with Crippen molar-refractivity contribution in [2.75, 3.05) is 20.3 Å². The molecule has 0 bridgehead atoms. The molecule has 39 heavy (non-hydrogen) atoms. The highest BCUT2D eigenvalue weighted by Gasteiger charge is 2.40. The number of hydrogen-bond acceptors (Lipinski definition) is 6. The molecule has 3 aromatic carbocycles. The number of rotatable bonds is 9. The average molecular weight is 527 g/mol. The third kappa shape index (κ3) is 5.09. The molecule has 0 amide bonds. The quantitative estimate of drug-likeness (QED) is 0.255. The first-order valence-electron chi connectivity index (χ1n) is 12.6. The van der Waals surface area contributed by atoms with E-state index in [1.54, 1.807) is 20.1 Å². The van der Waals surface area contributed by atoms with Crippen molar-refractivity contribution in [3.63, 3.8) is 0 Å². The summed E-state index contributed by atoms with van der Waals surface area (Å²) in [5.74, 6) is 0.725. The zero-order valence-corrected chi connectivity index (χ0v) is 21.7. The van der Waals surface area contributed by atoms with Crippen molar-refractivity contribution < 1.29 is 19.3 Å². The smallest absolute Gasteiger partial charge is 0.330 e. The molecule has 2 N–H and O–H groups in total. The number of methoxy groups -OCH3 is 1. The summed E-state index contributed by atoms with van der Waals surface area (Å²) in [4.78, 5) is 26.7. The van der Waals surface area contributed by atoms with Crippen molar-refractivity contribution in [1.82, 2.24) is 9.55 Å². The molecule has 8 heteroatoms. The van der Waals surface area contributed by atoms with Crippen molar-refractivity contribution >= 4 is 0 Å². The minimum Gasteiger partial charge on any atom is -0.497 e. The van der Waals surface area contributed by atoms with E-state index in [2.05, 4.69) is 4.98 Å². The van der Waals surface area contributed by atoms with E-state index in [9.17, 15) is 14.7 Å². The Bertz CT molecular complexity index is 1520. The molecule has 8 nitrogen and oxygen atoms in total. The van der Waals surface area contributed by atoms with E-state index in [4.69, 9.17) is 14.2 Å². The monoisotopic (exact) mass is 526 g/mol. The van der Waals surface area contributed by atoms with E-state index >= 15 is 0 Å². The van der Waals surface area contributed by atoms with Crippen LogP contribution in [0.5, 0.6) is 5.75 Å². The van der Waals surface area contributed by atoms with Crippen LogP contribution in [-0.4, -0.2) is 41.1 Å². The van der Waals surface area contributed by atoms with Crippen molar-refractivity contribution in [1.29, 1.82) is 0 Å². The van der Waals surface area contributed by atoms with Crippen LogP contribution in [-0.2, 0) is 15.1 Å². The summed E-state index contributed by atoms with van der Waals surface area (Å²) < 4.78 is 19.8. The summed E-state index contributed by atoms with van der Waals surface area (Å²) in [7, 11) is 1.62. The standard InChI is InChI=1S/C31H30N2O6/c1-21-18-33(30(36)32-29(21)35)28-17-22(19-34)27(39-28)20-38-31(23-9-5-3-6-10-23,24-11-7-4-8-12-24)25-13-15-26(37-2)16-14-25/h3-18,27-28,34H,19-20H2,1-2H3,(H,32,35,36)/t27-,28-/m1/s1. The Morgan fingerprint density at radius 2 is 1.51 bits per heavy atom. The molecule has 0 saturated heterocycles. The van der Waals surface area contributed by atoms with Gasteiger partial charge in [-0.05, 0) is 47.4 Å². The summed E-state index contributed by atoms with van der Waals surface area (Å²) in [5.41, 5.74) is 1.63. The molecule has 0 fully saturated rings. The summed E-state index contributed by atoms with van der Waals surface area (Å²) in [6.45, 7) is 1.42. The van der Waals surface area contributed by atoms with Gasteiger partial charge in [0.2, 0.25) is 0 Å². The molecule has 0 saturated carbocycles. The van der Waals surface area contributed by atoms with Crippen LogP contribution in [0.15, 0.2) is 112 Å². The zero-order valence-electron chi connectivity index (χ0n) is 21.7. The SMILES string of the molecule is COc1ccc(C(OC[C@H]2O[C@@H](n3cc(C)c(=O)[nH]c3=O)C=C2CO)(c2ccccc2)c2ccccc2)cc1. The lowest BCUT2D eigenvalue weighted by molar-refractivity contribution is -0.0728. The van der Waals surface area contributed by atoms with Gasteiger partial charge in [-0.2, -0.15) is 0 Å². The number of aromatic amines is 1. The van der Waals surface area contributed by atoms with Gasteiger partial charge in [-0.25, -0.2) is 4.79 Å². The first-order valence-corrected chi connectivity index (χ1v) is 12.6. The van der Waals surface area contributed by atoms with Crippen molar-refractivity contribution in [2.24, 2.45) is 0 Å². The van der Waals surface area contributed by atoms with Gasteiger partial charge in [-0.15, -0.1) is 0 Å². The summed E-state index contributed by atoms with van der Waals surface area (Å²) in [5, 5.41) is 10.1. The number of benzene rings is 3. The van der Waals surface area contributed by atoms with E-state index in [0.29, 0.717) is 11.1 Å². The number of nitrogens with zero attached hydrogens (tertiary/aromatic N) is 1. The van der Waals surface area contributed by atoms with Crippen molar-refractivity contribution in [3.8, 4) is 5.75 Å². The van der Waals surface area contributed by atoms with E-state index in [1.165, 1.54) is 10.8 Å². The molecule has 4 aromatic rings. The fourth-order valence-corrected chi connectivity index (χ4v) is 4.93. The Hall–Kier alpha value is -4.24. The summed E-state index contributed by atoms with van der Waals surface area (Å²) in [6.07, 6.45) is 1.71. The summed E-state index contributed by atoms with van der Waals surface area (Å²) in [6, 6.07) is 27.6. The molecular formula is C31H30N2O6. The number of H-pyrrole nitrogens is 1. The Labute approximate surface area is 225 Å². The second-order valence-electron chi connectivity index (χ2n) is 9.35. The molecule has 200 valence electrons. The Morgan fingerprint density at radius 1 is 0.923 bits per heavy atom. The summed E-state index contributed by atoms with van der Waals surface area (Å²) >= 11 is 0. The number of aliphatic hydroxyl groups is 1. The fourth-order valence-electron chi connectivity index (χ4n) is 4.93. The Kier molecular flexibility index (Phi) is 7.60. The number of hydrogen-bond donors (Lipinski definition) is 2. The predicted molar refractivity (Wildman–Crippen MR) is 147 cm³/mol. The van der Waals surface area contributed by atoms with E-state index in [1.807, 2.05) is 84.9 Å². The number of ether oxygens (including phenoxy) is 3. The second-order valence-corrected chi connectivity index (χ2v) is 9.35. The van der Waals surface area contributed by atoms with Crippen LogP contribution in [0.25, 0.3) is 0 Å². The largest absolute Gasteiger partial charge is 0.497 e. The topological polar surface area (TPSA) is 103 Å². The lowest BCUT2D eigenvalue weighted by Gasteiger charge is -2.37. The fraction of sp³-hybridized carbons (Fsp3) is 0.226. The van der Waals surface area contributed by atoms with Crippen LogP contribution in [0.4, 0.5) is 0 Å². The molecule has 2 heterocycles. The van der Waals surface area contributed by atoms with E-state index in [0.717, 1.165) is 22.4 Å². The minimum absolute atomic E-state index is 0.0792. The third-order valence-electron chi connectivity index (χ3n) is 6.98. The lowest BCUT2D eigenvalue weighted by Crippen LogP contribution is -2.37. The van der Waals surface area contributed by atoms with E-state index < -0.39 is 29.2 Å². The zero-order chi connectivity index (χ0) is 27.4. The van der Waals surface area contributed by atoms with Crippen LogP contribution in [0, 0.1) is 6.92 Å². The van der Waals surface area contributed by atoms with Crippen molar-refractivity contribution in [2.45, 2.75) is 24.9 Å². The van der Waals surface area contributed by atoms with Gasteiger partial charge >= 0.3 is 5.69 Å². The minimum atomic E-state index is -1.01. The highest BCUT2D eigenvalue weighted by molar-refractivity contribution is 5.48. The maximum absolute atomic E-state index is 12.5. The van der Waals surface area contributed by atoms with Gasteiger partial charge in [-0.1, -0.05) is 72.8 Å². The molecule has 0 spiro atoms. The predicted octanol–water partition coefficient (Wildman–Crippen LogP) is 3.68. The normalized spacial score (nSPS) is 17.2. The average Bonchev–Trinajstić information content (AvgIpc) is 3.40. The van der Waals surface area contributed by atoms with Gasteiger partial charge in [0.1, 0.15) is 17.5 Å². The molecule has 0 unspecified atom stereocenters. The number of aromatic nitrogens is 2.